The molecule has 0 fully saturated rings. The number of nitrogens with one attached hydrogen (secondary N) is 1. The molecule has 4 nitrogen and oxygen atoms in total. The minimum absolute atomic E-state index is 0.121. The number of allylic oxidation sites excluding steroid dienone is 1. The second-order valence-electron chi connectivity index (χ2n) is 7.23. The van der Waals surface area contributed by atoms with E-state index < -0.39 is 0 Å². The Labute approximate surface area is 145 Å². The third kappa shape index (κ3) is 4.70. The van der Waals surface area contributed by atoms with Crippen molar-refractivity contribution in [3.05, 3.63) is 42.7 Å². The van der Waals surface area contributed by atoms with E-state index >= 15 is 0 Å². The van der Waals surface area contributed by atoms with Gasteiger partial charge in [0.2, 0.25) is 5.91 Å². The molecule has 24 heavy (non-hydrogen) atoms. The summed E-state index contributed by atoms with van der Waals surface area (Å²) in [5.74, 6) is 1.24. The molecule has 0 radical (unpaired) electrons. The van der Waals surface area contributed by atoms with Crippen molar-refractivity contribution in [1.82, 2.24) is 14.9 Å². The van der Waals surface area contributed by atoms with Crippen LogP contribution in [0.4, 0.5) is 0 Å². The maximum absolute atomic E-state index is 11.8. The van der Waals surface area contributed by atoms with Gasteiger partial charge in [0.05, 0.1) is 11.0 Å². The van der Waals surface area contributed by atoms with Gasteiger partial charge < -0.3 is 9.88 Å². The van der Waals surface area contributed by atoms with Crippen LogP contribution in [0.3, 0.4) is 0 Å². The van der Waals surface area contributed by atoms with Crippen molar-refractivity contribution < 1.29 is 4.79 Å². The second kappa shape index (κ2) is 8.13. The fourth-order valence-corrected chi connectivity index (χ4v) is 2.70. The van der Waals surface area contributed by atoms with Gasteiger partial charge in [0, 0.05) is 24.9 Å². The van der Waals surface area contributed by atoms with Crippen LogP contribution >= 0.6 is 0 Å². The molecule has 0 aliphatic carbocycles. The van der Waals surface area contributed by atoms with E-state index in [1.165, 1.54) is 5.52 Å². The van der Waals surface area contributed by atoms with Crippen LogP contribution < -0.4 is 5.32 Å². The fourth-order valence-electron chi connectivity index (χ4n) is 2.70. The van der Waals surface area contributed by atoms with E-state index in [2.05, 4.69) is 28.6 Å². The van der Waals surface area contributed by atoms with Crippen molar-refractivity contribution in [3.8, 4) is 0 Å². The molecule has 1 aromatic heterocycles. The molecule has 4 heteroatoms. The van der Waals surface area contributed by atoms with Crippen LogP contribution in [0.25, 0.3) is 11.0 Å². The Hall–Kier alpha value is -2.10. The van der Waals surface area contributed by atoms with E-state index in [4.69, 9.17) is 4.98 Å². The first-order valence-corrected chi connectivity index (χ1v) is 8.77. The predicted octanol–water partition coefficient (Wildman–Crippen LogP) is 4.10. The van der Waals surface area contributed by atoms with E-state index in [9.17, 15) is 4.79 Å². The Morgan fingerprint density at radius 2 is 2.00 bits per heavy atom. The van der Waals surface area contributed by atoms with Crippen LogP contribution in [0.2, 0.25) is 0 Å². The third-order valence-corrected chi connectivity index (χ3v) is 4.09. The minimum atomic E-state index is -0.310. The number of rotatable bonds is 8. The van der Waals surface area contributed by atoms with Gasteiger partial charge in [-0.15, -0.1) is 6.58 Å². The predicted molar refractivity (Wildman–Crippen MR) is 99.9 cm³/mol. The van der Waals surface area contributed by atoms with E-state index in [1.54, 1.807) is 0 Å². The molecule has 0 aliphatic rings. The molecule has 2 rings (SSSR count). The number of amides is 1. The summed E-state index contributed by atoms with van der Waals surface area (Å²) < 4.78 is 2.24. The number of unbranched alkanes of at least 4 members (excludes halogenated alkanes) is 2. The number of aryl methyl sites for hydroxylation is 1. The van der Waals surface area contributed by atoms with Crippen molar-refractivity contribution in [2.24, 2.45) is 5.41 Å². The average molecular weight is 327 g/mol. The Morgan fingerprint density at radius 3 is 2.71 bits per heavy atom. The number of aromatic nitrogens is 2. The lowest BCUT2D eigenvalue weighted by molar-refractivity contribution is -0.128. The lowest BCUT2D eigenvalue weighted by Gasteiger charge is -2.17. The molecule has 0 bridgehead atoms. The highest BCUT2D eigenvalue weighted by atomic mass is 16.2. The Balaban J connectivity index is 1.82. The molecule has 2 aromatic rings. The van der Waals surface area contributed by atoms with Gasteiger partial charge in [0.1, 0.15) is 5.82 Å². The van der Waals surface area contributed by atoms with Crippen molar-refractivity contribution in [2.75, 3.05) is 6.54 Å². The number of fused-ring (bicyclic) bond motifs is 1. The maximum atomic E-state index is 11.8. The van der Waals surface area contributed by atoms with E-state index in [1.807, 2.05) is 39.0 Å². The molecule has 1 amide bonds. The molecule has 1 N–H and O–H groups in total. The number of imidazole rings is 1. The molecule has 0 atom stereocenters. The standard InChI is InChI=1S/C20H29N3O/c1-5-15-23-17-12-9-8-11-16(17)22-18(23)13-7-6-10-14-21-19(24)20(2,3)4/h5,8-9,11-12H,1,6-7,10,13-15H2,2-4H3,(H,21,24). The van der Waals surface area contributed by atoms with Crippen molar-refractivity contribution in [3.63, 3.8) is 0 Å². The lowest BCUT2D eigenvalue weighted by Crippen LogP contribution is -2.35. The highest BCUT2D eigenvalue weighted by Gasteiger charge is 2.20. The van der Waals surface area contributed by atoms with Gasteiger partial charge in [-0.25, -0.2) is 4.98 Å². The zero-order valence-electron chi connectivity index (χ0n) is 15.1. The van der Waals surface area contributed by atoms with Crippen LogP contribution in [0.5, 0.6) is 0 Å². The fraction of sp³-hybridized carbons (Fsp3) is 0.500. The number of benzene rings is 1. The van der Waals surface area contributed by atoms with Crippen LogP contribution in [0.1, 0.15) is 45.9 Å². The molecule has 130 valence electrons. The van der Waals surface area contributed by atoms with Gasteiger partial charge in [-0.2, -0.15) is 0 Å². The van der Waals surface area contributed by atoms with Crippen LogP contribution in [-0.2, 0) is 17.8 Å². The SMILES string of the molecule is C=CCn1c(CCCCCNC(=O)C(C)(C)C)nc2ccccc21. The van der Waals surface area contributed by atoms with Crippen LogP contribution in [0, 0.1) is 5.41 Å². The van der Waals surface area contributed by atoms with Crippen molar-refractivity contribution in [1.29, 1.82) is 0 Å². The monoisotopic (exact) mass is 327 g/mol. The summed E-state index contributed by atoms with van der Waals surface area (Å²) in [6.07, 6.45) is 6.03. The number of carbonyl (C=O) groups is 1. The highest BCUT2D eigenvalue weighted by molar-refractivity contribution is 5.81. The average Bonchev–Trinajstić information content (AvgIpc) is 2.88. The molecule has 1 heterocycles. The first-order chi connectivity index (χ1) is 11.4. The smallest absolute Gasteiger partial charge is 0.225 e. The zero-order chi connectivity index (χ0) is 17.6. The summed E-state index contributed by atoms with van der Waals surface area (Å²) in [6, 6.07) is 8.23. The van der Waals surface area contributed by atoms with Gasteiger partial charge >= 0.3 is 0 Å². The maximum Gasteiger partial charge on any atom is 0.225 e. The van der Waals surface area contributed by atoms with Gasteiger partial charge in [-0.1, -0.05) is 45.4 Å². The summed E-state index contributed by atoms with van der Waals surface area (Å²) in [7, 11) is 0. The van der Waals surface area contributed by atoms with E-state index in [0.717, 1.165) is 50.1 Å². The summed E-state index contributed by atoms with van der Waals surface area (Å²) in [5, 5.41) is 3.00. The summed E-state index contributed by atoms with van der Waals surface area (Å²) >= 11 is 0. The first kappa shape index (κ1) is 18.2. The van der Waals surface area contributed by atoms with E-state index in [-0.39, 0.29) is 11.3 Å². The molecule has 0 saturated carbocycles. The summed E-state index contributed by atoms with van der Waals surface area (Å²) in [4.78, 5) is 16.6. The molecular weight excluding hydrogens is 298 g/mol. The van der Waals surface area contributed by atoms with Gasteiger partial charge in [-0.05, 0) is 25.0 Å². The number of para-hydroxylation sites is 2. The van der Waals surface area contributed by atoms with Gasteiger partial charge in [0.25, 0.3) is 0 Å². The normalized spacial score (nSPS) is 11.6. The van der Waals surface area contributed by atoms with E-state index in [0.29, 0.717) is 0 Å². The molecule has 0 spiro atoms. The lowest BCUT2D eigenvalue weighted by atomic mass is 9.96. The quantitative estimate of drug-likeness (QED) is 0.586. The minimum Gasteiger partial charge on any atom is -0.356 e. The number of carbonyl (C=O) groups excluding carboxylic acids is 1. The number of hydrogen-bond acceptors (Lipinski definition) is 2. The summed E-state index contributed by atoms with van der Waals surface area (Å²) in [5.41, 5.74) is 1.91. The van der Waals surface area contributed by atoms with Crippen LogP contribution in [-0.4, -0.2) is 22.0 Å². The summed E-state index contributed by atoms with van der Waals surface area (Å²) in [6.45, 7) is 11.2. The van der Waals surface area contributed by atoms with Gasteiger partial charge in [0.15, 0.2) is 0 Å². The van der Waals surface area contributed by atoms with Crippen LogP contribution in [0.15, 0.2) is 36.9 Å². The highest BCUT2D eigenvalue weighted by Crippen LogP contribution is 2.18. The Kier molecular flexibility index (Phi) is 6.18. The molecule has 0 aliphatic heterocycles. The van der Waals surface area contributed by atoms with Gasteiger partial charge in [-0.3, -0.25) is 4.79 Å². The Bertz CT molecular complexity index is 694. The zero-order valence-corrected chi connectivity index (χ0v) is 15.1. The Morgan fingerprint density at radius 1 is 1.25 bits per heavy atom. The number of nitrogens with zero attached hydrogens (tertiary/aromatic N) is 2. The molecule has 0 saturated heterocycles. The largest absolute Gasteiger partial charge is 0.356 e. The number of hydrogen-bond donors (Lipinski definition) is 1. The molecular formula is C20H29N3O. The molecule has 0 unspecified atom stereocenters. The first-order valence-electron chi connectivity index (χ1n) is 8.77. The molecule has 1 aromatic carbocycles. The second-order valence-corrected chi connectivity index (χ2v) is 7.23. The third-order valence-electron chi connectivity index (χ3n) is 4.09. The van der Waals surface area contributed by atoms with Crippen molar-refractivity contribution >= 4 is 16.9 Å². The van der Waals surface area contributed by atoms with Crippen molar-refractivity contribution in [2.45, 2.75) is 53.0 Å². The topological polar surface area (TPSA) is 46.9 Å².